The standard InChI is InChI=1S/C11H18N2O2S/c1-3-15-6-4-5-11(14)13-8-10-7-12-9(2)16-10/h7H,3-6,8H2,1-2H3,(H,13,14). The SMILES string of the molecule is CCOCCCC(=O)NCc1cnc(C)s1. The van der Waals surface area contributed by atoms with Gasteiger partial charge in [0.05, 0.1) is 11.6 Å². The Hall–Kier alpha value is -0.940. The van der Waals surface area contributed by atoms with E-state index in [1.165, 1.54) is 0 Å². The molecular weight excluding hydrogens is 224 g/mol. The fourth-order valence-electron chi connectivity index (χ4n) is 1.24. The number of aromatic nitrogens is 1. The first-order chi connectivity index (χ1) is 7.72. The van der Waals surface area contributed by atoms with Gasteiger partial charge in [-0.15, -0.1) is 11.3 Å². The zero-order valence-corrected chi connectivity index (χ0v) is 10.6. The molecule has 16 heavy (non-hydrogen) atoms. The highest BCUT2D eigenvalue weighted by atomic mass is 32.1. The molecule has 5 heteroatoms. The summed E-state index contributed by atoms with van der Waals surface area (Å²) in [6.45, 7) is 5.86. The molecule has 0 radical (unpaired) electrons. The Balaban J connectivity index is 2.10. The minimum Gasteiger partial charge on any atom is -0.382 e. The van der Waals surface area contributed by atoms with E-state index < -0.39 is 0 Å². The van der Waals surface area contributed by atoms with Crippen LogP contribution in [-0.4, -0.2) is 24.1 Å². The summed E-state index contributed by atoms with van der Waals surface area (Å²) in [5, 5.41) is 3.89. The number of thiazole rings is 1. The van der Waals surface area contributed by atoms with Crippen LogP contribution in [0.1, 0.15) is 29.7 Å². The van der Waals surface area contributed by atoms with Gasteiger partial charge in [-0.2, -0.15) is 0 Å². The Labute approximate surface area is 100 Å². The van der Waals surface area contributed by atoms with Crippen molar-refractivity contribution in [3.8, 4) is 0 Å². The summed E-state index contributed by atoms with van der Waals surface area (Å²) in [5.74, 6) is 0.0748. The van der Waals surface area contributed by atoms with Crippen molar-refractivity contribution in [3.63, 3.8) is 0 Å². The van der Waals surface area contributed by atoms with E-state index in [1.807, 2.05) is 13.8 Å². The molecule has 0 aromatic carbocycles. The van der Waals surface area contributed by atoms with Gasteiger partial charge < -0.3 is 10.1 Å². The fourth-order valence-corrected chi connectivity index (χ4v) is 1.97. The molecule has 0 aliphatic carbocycles. The molecule has 1 rings (SSSR count). The summed E-state index contributed by atoms with van der Waals surface area (Å²) in [4.78, 5) is 16.6. The largest absolute Gasteiger partial charge is 0.382 e. The summed E-state index contributed by atoms with van der Waals surface area (Å²) in [5.41, 5.74) is 0. The Bertz CT molecular complexity index is 326. The second-order valence-corrected chi connectivity index (χ2v) is 4.74. The molecule has 90 valence electrons. The number of nitrogens with zero attached hydrogens (tertiary/aromatic N) is 1. The lowest BCUT2D eigenvalue weighted by molar-refractivity contribution is -0.121. The number of ether oxygens (including phenoxy) is 1. The number of aryl methyl sites for hydroxylation is 1. The van der Waals surface area contributed by atoms with E-state index >= 15 is 0 Å². The molecule has 0 saturated carbocycles. The zero-order valence-electron chi connectivity index (χ0n) is 9.78. The van der Waals surface area contributed by atoms with E-state index in [0.29, 0.717) is 26.2 Å². The topological polar surface area (TPSA) is 51.2 Å². The van der Waals surface area contributed by atoms with E-state index in [-0.39, 0.29) is 5.91 Å². The van der Waals surface area contributed by atoms with Crippen molar-refractivity contribution in [1.29, 1.82) is 0 Å². The van der Waals surface area contributed by atoms with Gasteiger partial charge in [0.2, 0.25) is 5.91 Å². The Morgan fingerprint density at radius 3 is 3.06 bits per heavy atom. The molecule has 1 heterocycles. The highest BCUT2D eigenvalue weighted by molar-refractivity contribution is 7.11. The third kappa shape index (κ3) is 5.23. The summed E-state index contributed by atoms with van der Waals surface area (Å²) in [7, 11) is 0. The van der Waals surface area contributed by atoms with Crippen LogP contribution in [0.25, 0.3) is 0 Å². The van der Waals surface area contributed by atoms with E-state index in [0.717, 1.165) is 16.3 Å². The quantitative estimate of drug-likeness (QED) is 0.743. The smallest absolute Gasteiger partial charge is 0.220 e. The van der Waals surface area contributed by atoms with Gasteiger partial charge in [-0.1, -0.05) is 0 Å². The molecule has 0 saturated heterocycles. The number of carbonyl (C=O) groups excluding carboxylic acids is 1. The molecular formula is C11H18N2O2S. The average molecular weight is 242 g/mol. The van der Waals surface area contributed by atoms with Crippen molar-refractivity contribution in [2.45, 2.75) is 33.2 Å². The molecule has 0 atom stereocenters. The molecule has 1 N–H and O–H groups in total. The van der Waals surface area contributed by atoms with Crippen molar-refractivity contribution < 1.29 is 9.53 Å². The van der Waals surface area contributed by atoms with Gasteiger partial charge in [0.1, 0.15) is 0 Å². The molecule has 0 aliphatic heterocycles. The van der Waals surface area contributed by atoms with Crippen LogP contribution in [0.3, 0.4) is 0 Å². The minimum absolute atomic E-state index is 0.0748. The van der Waals surface area contributed by atoms with Crippen LogP contribution in [0, 0.1) is 6.92 Å². The maximum Gasteiger partial charge on any atom is 0.220 e. The van der Waals surface area contributed by atoms with E-state index in [9.17, 15) is 4.79 Å². The maximum atomic E-state index is 11.4. The van der Waals surface area contributed by atoms with Gasteiger partial charge in [0.25, 0.3) is 0 Å². The Morgan fingerprint density at radius 2 is 2.44 bits per heavy atom. The minimum atomic E-state index is 0.0748. The van der Waals surface area contributed by atoms with Crippen LogP contribution >= 0.6 is 11.3 Å². The molecule has 4 nitrogen and oxygen atoms in total. The van der Waals surface area contributed by atoms with Crippen LogP contribution in [0.15, 0.2) is 6.20 Å². The van der Waals surface area contributed by atoms with Crippen molar-refractivity contribution in [2.75, 3.05) is 13.2 Å². The fraction of sp³-hybridized carbons (Fsp3) is 0.636. The highest BCUT2D eigenvalue weighted by Crippen LogP contribution is 2.10. The van der Waals surface area contributed by atoms with Crippen molar-refractivity contribution in [2.24, 2.45) is 0 Å². The lowest BCUT2D eigenvalue weighted by Crippen LogP contribution is -2.22. The van der Waals surface area contributed by atoms with E-state index in [1.54, 1.807) is 17.5 Å². The van der Waals surface area contributed by atoms with E-state index in [4.69, 9.17) is 4.74 Å². The molecule has 0 fully saturated rings. The second kappa shape index (κ2) is 7.35. The van der Waals surface area contributed by atoms with Crippen LogP contribution < -0.4 is 5.32 Å². The summed E-state index contributed by atoms with van der Waals surface area (Å²) >= 11 is 1.61. The first-order valence-corrected chi connectivity index (χ1v) is 6.29. The van der Waals surface area contributed by atoms with Gasteiger partial charge in [-0.25, -0.2) is 4.98 Å². The van der Waals surface area contributed by atoms with Crippen LogP contribution in [-0.2, 0) is 16.1 Å². The van der Waals surface area contributed by atoms with Crippen molar-refractivity contribution >= 4 is 17.2 Å². The number of hydrogen-bond acceptors (Lipinski definition) is 4. The average Bonchev–Trinajstić information content (AvgIpc) is 2.68. The number of hydrogen-bond donors (Lipinski definition) is 1. The monoisotopic (exact) mass is 242 g/mol. The molecule has 1 aromatic heterocycles. The molecule has 0 spiro atoms. The first-order valence-electron chi connectivity index (χ1n) is 5.48. The third-order valence-electron chi connectivity index (χ3n) is 2.03. The zero-order chi connectivity index (χ0) is 11.8. The van der Waals surface area contributed by atoms with Crippen LogP contribution in [0.2, 0.25) is 0 Å². The lowest BCUT2D eigenvalue weighted by Gasteiger charge is -2.03. The Morgan fingerprint density at radius 1 is 1.62 bits per heavy atom. The molecule has 1 aromatic rings. The van der Waals surface area contributed by atoms with Gasteiger partial charge in [-0.05, 0) is 20.3 Å². The van der Waals surface area contributed by atoms with Crippen molar-refractivity contribution in [3.05, 3.63) is 16.1 Å². The van der Waals surface area contributed by atoms with Gasteiger partial charge in [0.15, 0.2) is 0 Å². The first kappa shape index (κ1) is 13.1. The molecule has 0 unspecified atom stereocenters. The number of amides is 1. The molecule has 1 amide bonds. The number of carbonyl (C=O) groups is 1. The van der Waals surface area contributed by atoms with Gasteiger partial charge in [-0.3, -0.25) is 4.79 Å². The molecule has 0 aliphatic rings. The summed E-state index contributed by atoms with van der Waals surface area (Å²) in [6, 6.07) is 0. The van der Waals surface area contributed by atoms with Crippen LogP contribution in [0.4, 0.5) is 0 Å². The summed E-state index contributed by atoms with van der Waals surface area (Å²) in [6.07, 6.45) is 3.11. The number of nitrogens with one attached hydrogen (secondary N) is 1. The van der Waals surface area contributed by atoms with Gasteiger partial charge >= 0.3 is 0 Å². The van der Waals surface area contributed by atoms with Crippen molar-refractivity contribution in [1.82, 2.24) is 10.3 Å². The second-order valence-electron chi connectivity index (χ2n) is 3.42. The number of rotatable bonds is 7. The van der Waals surface area contributed by atoms with Gasteiger partial charge in [0, 0.05) is 30.7 Å². The highest BCUT2D eigenvalue weighted by Gasteiger charge is 2.02. The molecule has 0 bridgehead atoms. The predicted octanol–water partition coefficient (Wildman–Crippen LogP) is 1.88. The lowest BCUT2D eigenvalue weighted by atomic mass is 10.3. The normalized spacial score (nSPS) is 10.4. The summed E-state index contributed by atoms with van der Waals surface area (Å²) < 4.78 is 5.16. The third-order valence-corrected chi connectivity index (χ3v) is 2.94. The Kier molecular flexibility index (Phi) is 6.03. The van der Waals surface area contributed by atoms with Crippen LogP contribution in [0.5, 0.6) is 0 Å². The predicted molar refractivity (Wildman–Crippen MR) is 64.4 cm³/mol. The maximum absolute atomic E-state index is 11.4. The van der Waals surface area contributed by atoms with E-state index in [2.05, 4.69) is 10.3 Å².